The molecule has 0 bridgehead atoms. The lowest BCUT2D eigenvalue weighted by molar-refractivity contribution is -0.119. The van der Waals surface area contributed by atoms with Crippen molar-refractivity contribution in [3.8, 4) is 11.8 Å². The summed E-state index contributed by atoms with van der Waals surface area (Å²) in [5.74, 6) is 3.31. The molecule has 2 fully saturated rings. The lowest BCUT2D eigenvalue weighted by atomic mass is 9.98. The van der Waals surface area contributed by atoms with E-state index >= 15 is 0 Å². The van der Waals surface area contributed by atoms with Crippen LogP contribution < -0.4 is 19.7 Å². The second-order valence-corrected chi connectivity index (χ2v) is 7.13. The van der Waals surface area contributed by atoms with E-state index in [0.29, 0.717) is 35.3 Å². The van der Waals surface area contributed by atoms with Gasteiger partial charge < -0.3 is 19.7 Å². The highest BCUT2D eigenvalue weighted by molar-refractivity contribution is 7.99. The summed E-state index contributed by atoms with van der Waals surface area (Å²) in [6.07, 6.45) is 4.43. The van der Waals surface area contributed by atoms with Crippen molar-refractivity contribution in [2.24, 2.45) is 11.8 Å². The fraction of sp³-hybridized carbons (Fsp3) is 0.688. The fourth-order valence-electron chi connectivity index (χ4n) is 3.27. The van der Waals surface area contributed by atoms with Crippen LogP contribution in [-0.2, 0) is 4.79 Å². The van der Waals surface area contributed by atoms with Crippen LogP contribution in [0, 0.1) is 11.8 Å². The number of hydrogen-bond donors (Lipinski definition) is 1. The van der Waals surface area contributed by atoms with E-state index in [1.54, 1.807) is 32.0 Å². The van der Waals surface area contributed by atoms with Crippen molar-refractivity contribution in [1.29, 1.82) is 0 Å². The molecule has 24 heavy (non-hydrogen) atoms. The van der Waals surface area contributed by atoms with Gasteiger partial charge in [0.1, 0.15) is 0 Å². The Kier molecular flexibility index (Phi) is 5.33. The number of carbonyl (C=O) groups excluding carboxylic acids is 1. The molecule has 0 spiro atoms. The quantitative estimate of drug-likeness (QED) is 0.790. The molecule has 0 aromatic carbocycles. The molecule has 1 saturated heterocycles. The molecule has 1 saturated carbocycles. The van der Waals surface area contributed by atoms with E-state index in [2.05, 4.69) is 20.2 Å². The molecule has 2 atom stereocenters. The van der Waals surface area contributed by atoms with Crippen molar-refractivity contribution in [1.82, 2.24) is 15.3 Å². The summed E-state index contributed by atoms with van der Waals surface area (Å²) < 4.78 is 10.5. The van der Waals surface area contributed by atoms with Crippen LogP contribution in [0.25, 0.3) is 0 Å². The Morgan fingerprint density at radius 3 is 2.50 bits per heavy atom. The van der Waals surface area contributed by atoms with Gasteiger partial charge in [0.15, 0.2) is 0 Å². The molecule has 1 N–H and O–H groups in total. The first-order chi connectivity index (χ1) is 11.6. The third kappa shape index (κ3) is 3.85. The molecule has 132 valence electrons. The minimum absolute atomic E-state index is 0.101. The maximum atomic E-state index is 12.0. The van der Waals surface area contributed by atoms with Crippen LogP contribution in [-0.4, -0.2) is 61.2 Å². The van der Waals surface area contributed by atoms with E-state index < -0.39 is 0 Å². The SMILES string of the molecule is COc1cc(OC)nc(N2C[C@H](NC(=O)CSC)[C@@H](C3CC3)C2)n1. The first-order valence-corrected chi connectivity index (χ1v) is 9.54. The Labute approximate surface area is 146 Å². The average molecular weight is 352 g/mol. The van der Waals surface area contributed by atoms with Gasteiger partial charge in [-0.15, -0.1) is 0 Å². The van der Waals surface area contributed by atoms with Gasteiger partial charge in [-0.05, 0) is 25.0 Å². The molecule has 2 heterocycles. The van der Waals surface area contributed by atoms with Gasteiger partial charge in [0, 0.05) is 19.0 Å². The van der Waals surface area contributed by atoms with E-state index in [1.807, 2.05) is 6.26 Å². The number of nitrogens with one attached hydrogen (secondary N) is 1. The first-order valence-electron chi connectivity index (χ1n) is 8.15. The number of nitrogens with zero attached hydrogens (tertiary/aromatic N) is 3. The molecule has 1 aliphatic carbocycles. The van der Waals surface area contributed by atoms with Crippen LogP contribution in [0.4, 0.5) is 5.95 Å². The zero-order valence-electron chi connectivity index (χ0n) is 14.3. The van der Waals surface area contributed by atoms with Crippen molar-refractivity contribution in [3.63, 3.8) is 0 Å². The smallest absolute Gasteiger partial charge is 0.232 e. The lowest BCUT2D eigenvalue weighted by Gasteiger charge is -2.18. The maximum Gasteiger partial charge on any atom is 0.232 e. The zero-order valence-corrected chi connectivity index (χ0v) is 15.1. The Morgan fingerprint density at radius 2 is 1.96 bits per heavy atom. The van der Waals surface area contributed by atoms with Crippen LogP contribution in [0.1, 0.15) is 12.8 Å². The van der Waals surface area contributed by atoms with Gasteiger partial charge in [-0.1, -0.05) is 0 Å². The van der Waals surface area contributed by atoms with E-state index in [1.165, 1.54) is 12.8 Å². The number of ether oxygens (including phenoxy) is 2. The third-order valence-corrected chi connectivity index (χ3v) is 5.13. The van der Waals surface area contributed by atoms with Crippen molar-refractivity contribution in [2.45, 2.75) is 18.9 Å². The van der Waals surface area contributed by atoms with Crippen molar-refractivity contribution < 1.29 is 14.3 Å². The predicted molar refractivity (Wildman–Crippen MR) is 93.9 cm³/mol. The van der Waals surface area contributed by atoms with Crippen LogP contribution >= 0.6 is 11.8 Å². The van der Waals surface area contributed by atoms with Crippen LogP contribution in [0.15, 0.2) is 6.07 Å². The van der Waals surface area contributed by atoms with Crippen molar-refractivity contribution >= 4 is 23.6 Å². The predicted octanol–water partition coefficient (Wildman–Crippen LogP) is 1.19. The monoisotopic (exact) mass is 352 g/mol. The number of hydrogen-bond acceptors (Lipinski definition) is 7. The number of anilines is 1. The molecule has 0 unspecified atom stereocenters. The largest absolute Gasteiger partial charge is 0.481 e. The van der Waals surface area contributed by atoms with Gasteiger partial charge in [-0.25, -0.2) is 0 Å². The number of methoxy groups -OCH3 is 2. The molecule has 1 aromatic rings. The van der Waals surface area contributed by atoms with Gasteiger partial charge in [0.25, 0.3) is 0 Å². The van der Waals surface area contributed by atoms with E-state index in [-0.39, 0.29) is 11.9 Å². The standard InChI is InChI=1S/C16H24N4O3S/c1-22-14-6-15(23-2)19-16(18-14)20-7-11(10-4-5-10)12(8-20)17-13(21)9-24-3/h6,10-12H,4-5,7-9H2,1-3H3,(H,17,21)/t11-,12+/m1/s1. The fourth-order valence-corrected chi connectivity index (χ4v) is 3.61. The van der Waals surface area contributed by atoms with Gasteiger partial charge in [-0.2, -0.15) is 21.7 Å². The summed E-state index contributed by atoms with van der Waals surface area (Å²) in [6.45, 7) is 1.57. The maximum absolute atomic E-state index is 12.0. The number of amides is 1. The first kappa shape index (κ1) is 17.1. The third-order valence-electron chi connectivity index (χ3n) is 4.58. The van der Waals surface area contributed by atoms with Gasteiger partial charge in [0.2, 0.25) is 23.6 Å². The molecule has 1 aliphatic heterocycles. The normalized spacial score (nSPS) is 23.2. The van der Waals surface area contributed by atoms with Crippen LogP contribution in [0.2, 0.25) is 0 Å². The second kappa shape index (κ2) is 7.46. The summed E-state index contributed by atoms with van der Waals surface area (Å²) in [7, 11) is 3.15. The summed E-state index contributed by atoms with van der Waals surface area (Å²) in [4.78, 5) is 23.0. The molecule has 2 aliphatic rings. The highest BCUT2D eigenvalue weighted by Crippen LogP contribution is 2.42. The molecule has 1 aromatic heterocycles. The van der Waals surface area contributed by atoms with Crippen molar-refractivity contribution in [2.75, 3.05) is 44.2 Å². The number of carbonyl (C=O) groups is 1. The molecule has 7 nitrogen and oxygen atoms in total. The summed E-state index contributed by atoms with van der Waals surface area (Å²) in [6, 6.07) is 1.81. The Balaban J connectivity index is 1.76. The Morgan fingerprint density at radius 1 is 1.29 bits per heavy atom. The van der Waals surface area contributed by atoms with Crippen LogP contribution in [0.5, 0.6) is 11.8 Å². The minimum Gasteiger partial charge on any atom is -0.481 e. The highest BCUT2D eigenvalue weighted by atomic mass is 32.2. The number of rotatable bonds is 7. The topological polar surface area (TPSA) is 76.6 Å². The molecule has 0 radical (unpaired) electrons. The van der Waals surface area contributed by atoms with Crippen molar-refractivity contribution in [3.05, 3.63) is 6.07 Å². The molecular formula is C16H24N4O3S. The zero-order chi connectivity index (χ0) is 17.1. The highest BCUT2D eigenvalue weighted by Gasteiger charge is 2.43. The molecule has 1 amide bonds. The summed E-state index contributed by atoms with van der Waals surface area (Å²) >= 11 is 1.54. The average Bonchev–Trinajstić information content (AvgIpc) is 3.35. The van der Waals surface area contributed by atoms with Crippen LogP contribution in [0.3, 0.4) is 0 Å². The molecule has 8 heteroatoms. The minimum atomic E-state index is 0.101. The lowest BCUT2D eigenvalue weighted by Crippen LogP contribution is -2.42. The van der Waals surface area contributed by atoms with Gasteiger partial charge in [-0.3, -0.25) is 4.79 Å². The molecular weight excluding hydrogens is 328 g/mol. The van der Waals surface area contributed by atoms with E-state index in [0.717, 1.165) is 13.1 Å². The van der Waals surface area contributed by atoms with Gasteiger partial charge in [0.05, 0.1) is 32.1 Å². The summed E-state index contributed by atoms with van der Waals surface area (Å²) in [5, 5.41) is 3.19. The van der Waals surface area contributed by atoms with E-state index in [9.17, 15) is 4.79 Å². The van der Waals surface area contributed by atoms with Gasteiger partial charge >= 0.3 is 0 Å². The molecule has 3 rings (SSSR count). The number of aromatic nitrogens is 2. The number of thioether (sulfide) groups is 1. The van der Waals surface area contributed by atoms with E-state index in [4.69, 9.17) is 9.47 Å². The summed E-state index contributed by atoms with van der Waals surface area (Å²) in [5.41, 5.74) is 0. The second-order valence-electron chi connectivity index (χ2n) is 6.27. The Bertz CT molecular complexity index is 574. The Hall–Kier alpha value is -1.70.